The largest absolute Gasteiger partial charge is 0.459 e. The third-order valence-corrected chi connectivity index (χ3v) is 5.03. The SMILES string of the molecule is CC(C)OC(=O)c1ccc(C(C(C)Nc2nn(C)c(=O)c3cccnc23)N(C)C)cc1. The number of aromatic nitrogens is 3. The lowest BCUT2D eigenvalue weighted by Gasteiger charge is -2.31. The first kappa shape index (κ1) is 22.4. The molecule has 1 aromatic carbocycles. The Morgan fingerprint density at radius 3 is 2.42 bits per heavy atom. The van der Waals surface area contributed by atoms with Gasteiger partial charge in [-0.1, -0.05) is 12.1 Å². The van der Waals surface area contributed by atoms with Crippen LogP contribution in [0.25, 0.3) is 10.9 Å². The van der Waals surface area contributed by atoms with E-state index in [-0.39, 0.29) is 29.7 Å². The molecule has 2 unspecified atom stereocenters. The number of benzene rings is 1. The summed E-state index contributed by atoms with van der Waals surface area (Å²) in [6, 6.07) is 10.8. The van der Waals surface area contributed by atoms with E-state index in [9.17, 15) is 9.59 Å². The predicted octanol–water partition coefficient (Wildman–Crippen LogP) is 3.00. The number of pyridine rings is 1. The summed E-state index contributed by atoms with van der Waals surface area (Å²) in [5.74, 6) is 0.218. The van der Waals surface area contributed by atoms with Crippen molar-refractivity contribution in [3.8, 4) is 0 Å². The second-order valence-corrected chi connectivity index (χ2v) is 8.09. The standard InChI is InChI=1S/C23H29N5O3/c1-14(2)31-23(30)17-11-9-16(10-12-17)20(27(4)5)15(3)25-21-19-18(8-7-13-24-19)22(29)28(6)26-21/h7-15,20H,1-6H3,(H,25,26). The third-order valence-electron chi connectivity index (χ3n) is 5.03. The Balaban J connectivity index is 1.89. The van der Waals surface area contributed by atoms with Crippen LogP contribution in [0.5, 0.6) is 0 Å². The molecule has 31 heavy (non-hydrogen) atoms. The summed E-state index contributed by atoms with van der Waals surface area (Å²) in [6.45, 7) is 5.70. The molecule has 0 saturated heterocycles. The number of fused-ring (bicyclic) bond motifs is 1. The second-order valence-electron chi connectivity index (χ2n) is 8.09. The Kier molecular flexibility index (Phi) is 6.70. The minimum absolute atomic E-state index is 0.0204. The topological polar surface area (TPSA) is 89.3 Å². The van der Waals surface area contributed by atoms with Crippen LogP contribution in [0.3, 0.4) is 0 Å². The van der Waals surface area contributed by atoms with E-state index in [0.717, 1.165) is 5.56 Å². The highest BCUT2D eigenvalue weighted by Gasteiger charge is 2.24. The highest BCUT2D eigenvalue weighted by Crippen LogP contribution is 2.26. The Hall–Kier alpha value is -3.26. The smallest absolute Gasteiger partial charge is 0.338 e. The highest BCUT2D eigenvalue weighted by atomic mass is 16.5. The summed E-state index contributed by atoms with van der Waals surface area (Å²) in [5.41, 5.74) is 1.91. The first-order valence-electron chi connectivity index (χ1n) is 10.2. The van der Waals surface area contributed by atoms with Crippen molar-refractivity contribution in [2.75, 3.05) is 19.4 Å². The fourth-order valence-corrected chi connectivity index (χ4v) is 3.71. The van der Waals surface area contributed by atoms with Gasteiger partial charge < -0.3 is 15.0 Å². The van der Waals surface area contributed by atoms with Crippen molar-refractivity contribution in [3.63, 3.8) is 0 Å². The molecule has 0 aliphatic rings. The molecule has 2 atom stereocenters. The van der Waals surface area contributed by atoms with Gasteiger partial charge in [-0.3, -0.25) is 9.78 Å². The van der Waals surface area contributed by atoms with Crippen LogP contribution in [0.15, 0.2) is 47.4 Å². The zero-order chi connectivity index (χ0) is 22.7. The number of rotatable bonds is 7. The molecule has 0 spiro atoms. The summed E-state index contributed by atoms with van der Waals surface area (Å²) in [5, 5.41) is 8.34. The van der Waals surface area contributed by atoms with Gasteiger partial charge in [0.1, 0.15) is 5.52 Å². The van der Waals surface area contributed by atoms with Crippen molar-refractivity contribution in [2.24, 2.45) is 7.05 Å². The normalized spacial score (nSPS) is 13.4. The summed E-state index contributed by atoms with van der Waals surface area (Å²) < 4.78 is 6.59. The van der Waals surface area contributed by atoms with E-state index in [1.807, 2.05) is 47.0 Å². The molecule has 2 heterocycles. The van der Waals surface area contributed by atoms with E-state index < -0.39 is 0 Å². The molecule has 1 N–H and O–H groups in total. The Labute approximate surface area is 181 Å². The number of hydrogen-bond acceptors (Lipinski definition) is 7. The minimum Gasteiger partial charge on any atom is -0.459 e. The maximum absolute atomic E-state index is 12.4. The first-order valence-corrected chi connectivity index (χ1v) is 10.2. The van der Waals surface area contributed by atoms with Crippen LogP contribution in [-0.2, 0) is 11.8 Å². The average Bonchev–Trinajstić information content (AvgIpc) is 2.71. The molecule has 0 saturated carbocycles. The molecular formula is C23H29N5O3. The second kappa shape index (κ2) is 9.26. The van der Waals surface area contributed by atoms with Gasteiger partial charge in [0.05, 0.1) is 23.1 Å². The monoisotopic (exact) mass is 423 g/mol. The number of esters is 1. The summed E-state index contributed by atoms with van der Waals surface area (Å²) >= 11 is 0. The van der Waals surface area contributed by atoms with Crippen molar-refractivity contribution in [1.29, 1.82) is 0 Å². The molecule has 164 valence electrons. The van der Waals surface area contributed by atoms with Crippen molar-refractivity contribution < 1.29 is 9.53 Å². The van der Waals surface area contributed by atoms with Crippen LogP contribution < -0.4 is 10.9 Å². The lowest BCUT2D eigenvalue weighted by molar-refractivity contribution is 0.0378. The number of anilines is 1. The molecule has 0 fully saturated rings. The number of hydrogen-bond donors (Lipinski definition) is 1. The van der Waals surface area contributed by atoms with Gasteiger partial charge in [0.2, 0.25) is 0 Å². The fraction of sp³-hybridized carbons (Fsp3) is 0.391. The lowest BCUT2D eigenvalue weighted by Crippen LogP contribution is -2.35. The molecule has 0 bridgehead atoms. The van der Waals surface area contributed by atoms with Crippen LogP contribution in [-0.4, -0.2) is 51.9 Å². The van der Waals surface area contributed by atoms with Gasteiger partial charge in [-0.2, -0.15) is 5.10 Å². The molecule has 3 rings (SSSR count). The minimum atomic E-state index is -0.332. The van der Waals surface area contributed by atoms with Gasteiger partial charge in [-0.15, -0.1) is 0 Å². The number of nitrogens with one attached hydrogen (secondary N) is 1. The van der Waals surface area contributed by atoms with Gasteiger partial charge in [-0.05, 0) is 64.7 Å². The van der Waals surface area contributed by atoms with E-state index in [0.29, 0.717) is 22.3 Å². The number of likely N-dealkylation sites (N-methyl/N-ethyl adjacent to an activating group) is 1. The van der Waals surface area contributed by atoms with Crippen LogP contribution in [0.4, 0.5) is 5.82 Å². The number of ether oxygens (including phenoxy) is 1. The molecule has 8 heteroatoms. The van der Waals surface area contributed by atoms with Gasteiger partial charge in [0, 0.05) is 19.3 Å². The predicted molar refractivity (Wildman–Crippen MR) is 121 cm³/mol. The molecule has 0 radical (unpaired) electrons. The van der Waals surface area contributed by atoms with Crippen LogP contribution in [0.1, 0.15) is 42.7 Å². The Morgan fingerprint density at radius 1 is 1.13 bits per heavy atom. The van der Waals surface area contributed by atoms with Crippen LogP contribution >= 0.6 is 0 Å². The first-order chi connectivity index (χ1) is 14.7. The summed E-state index contributed by atoms with van der Waals surface area (Å²) in [7, 11) is 5.62. The summed E-state index contributed by atoms with van der Waals surface area (Å²) in [4.78, 5) is 31.0. The van der Waals surface area contributed by atoms with Crippen molar-refractivity contribution in [3.05, 3.63) is 64.1 Å². The van der Waals surface area contributed by atoms with E-state index in [1.54, 1.807) is 37.5 Å². The molecule has 2 aromatic heterocycles. The van der Waals surface area contributed by atoms with E-state index in [2.05, 4.69) is 20.3 Å². The van der Waals surface area contributed by atoms with E-state index in [4.69, 9.17) is 4.74 Å². The molecule has 0 aliphatic carbocycles. The van der Waals surface area contributed by atoms with Crippen LogP contribution in [0.2, 0.25) is 0 Å². The van der Waals surface area contributed by atoms with Crippen LogP contribution in [0, 0.1) is 0 Å². The van der Waals surface area contributed by atoms with E-state index in [1.165, 1.54) is 4.68 Å². The molecule has 0 amide bonds. The van der Waals surface area contributed by atoms with Gasteiger partial charge >= 0.3 is 5.97 Å². The van der Waals surface area contributed by atoms with Gasteiger partial charge in [-0.25, -0.2) is 9.48 Å². The highest BCUT2D eigenvalue weighted by molar-refractivity contribution is 5.89. The Bertz CT molecular complexity index is 1120. The maximum atomic E-state index is 12.4. The van der Waals surface area contributed by atoms with Crippen molar-refractivity contribution in [2.45, 2.75) is 39.0 Å². The Morgan fingerprint density at radius 2 is 1.81 bits per heavy atom. The number of carbonyl (C=O) groups excluding carboxylic acids is 1. The molecule has 3 aromatic rings. The number of aryl methyl sites for hydroxylation is 1. The summed E-state index contributed by atoms with van der Waals surface area (Å²) in [6.07, 6.45) is 1.49. The number of nitrogens with zero attached hydrogens (tertiary/aromatic N) is 4. The van der Waals surface area contributed by atoms with E-state index >= 15 is 0 Å². The quantitative estimate of drug-likeness (QED) is 0.584. The zero-order valence-electron chi connectivity index (χ0n) is 18.8. The fourth-order valence-electron chi connectivity index (χ4n) is 3.71. The van der Waals surface area contributed by atoms with Crippen molar-refractivity contribution >= 4 is 22.7 Å². The zero-order valence-corrected chi connectivity index (χ0v) is 18.8. The molecule has 0 aliphatic heterocycles. The third kappa shape index (κ3) is 4.91. The molecular weight excluding hydrogens is 394 g/mol. The lowest BCUT2D eigenvalue weighted by atomic mass is 9.98. The van der Waals surface area contributed by atoms with Gasteiger partial charge in [0.25, 0.3) is 5.56 Å². The van der Waals surface area contributed by atoms with Gasteiger partial charge in [0.15, 0.2) is 5.82 Å². The number of carbonyl (C=O) groups is 1. The maximum Gasteiger partial charge on any atom is 0.338 e. The molecule has 8 nitrogen and oxygen atoms in total. The van der Waals surface area contributed by atoms with Crippen molar-refractivity contribution in [1.82, 2.24) is 19.7 Å². The average molecular weight is 424 g/mol.